The quantitative estimate of drug-likeness (QED) is 0.0873. The molecule has 2 bridgehead atoms. The summed E-state index contributed by atoms with van der Waals surface area (Å²) in [7, 11) is 0. The van der Waals surface area contributed by atoms with Crippen molar-refractivity contribution in [2.24, 2.45) is 10.8 Å². The van der Waals surface area contributed by atoms with Crippen LogP contribution in [0.1, 0.15) is 107 Å². The third kappa shape index (κ3) is 9.19. The van der Waals surface area contributed by atoms with Gasteiger partial charge in [0.05, 0.1) is 18.8 Å². The van der Waals surface area contributed by atoms with E-state index in [1.54, 1.807) is 5.48 Å². The van der Waals surface area contributed by atoms with Gasteiger partial charge < -0.3 is 19.9 Å². The Kier molecular flexibility index (Phi) is 11.4. The molecule has 4 N–H and O–H groups in total. The van der Waals surface area contributed by atoms with Crippen molar-refractivity contribution in [3.63, 3.8) is 0 Å². The Bertz CT molecular complexity index is 1610. The standard InChI is InChI=1S/C41H53N3O6/c1-40(2)21-34-22-41(3,26-40)27-44(34)24-35-20-36(31-13-11-28(25-45)12-14-31)50-39(49-35)32-17-15-30(16-18-32)33-8-6-7-29(19-33)23-42-37(46)9-4-5-10-38(47)43-48/h6-8,11-19,34-36,39,45,48H,4-5,9-10,20-27H2,1-3H3,(H,42,46)(H,43,47)/t34?,35-,36+,39+,41?/m1/s1. The van der Waals surface area contributed by atoms with Crippen LogP contribution in [0, 0.1) is 10.8 Å². The molecule has 9 heteroatoms. The van der Waals surface area contributed by atoms with Crippen molar-refractivity contribution in [3.8, 4) is 11.1 Å². The molecule has 5 atom stereocenters. The number of hydrogen-bond donors (Lipinski definition) is 4. The first-order chi connectivity index (χ1) is 24.0. The van der Waals surface area contributed by atoms with Gasteiger partial charge in [0.25, 0.3) is 0 Å². The Morgan fingerprint density at radius 1 is 0.860 bits per heavy atom. The molecule has 3 aromatic rings. The lowest BCUT2D eigenvalue weighted by Gasteiger charge is -2.41. The van der Waals surface area contributed by atoms with Crippen LogP contribution in [-0.2, 0) is 32.2 Å². The van der Waals surface area contributed by atoms with Crippen LogP contribution in [0.4, 0.5) is 0 Å². The summed E-state index contributed by atoms with van der Waals surface area (Å²) < 4.78 is 13.4. The molecular weight excluding hydrogens is 630 g/mol. The van der Waals surface area contributed by atoms with Gasteiger partial charge in [-0.25, -0.2) is 5.48 Å². The summed E-state index contributed by atoms with van der Waals surface area (Å²) in [4.78, 5) is 26.2. The lowest BCUT2D eigenvalue weighted by atomic mass is 9.65. The molecule has 0 spiro atoms. The molecule has 2 heterocycles. The number of fused-ring (bicyclic) bond motifs is 2. The summed E-state index contributed by atoms with van der Waals surface area (Å²) in [5.74, 6) is -0.505. The third-order valence-corrected chi connectivity index (χ3v) is 10.7. The zero-order chi connectivity index (χ0) is 35.3. The van der Waals surface area contributed by atoms with E-state index in [4.69, 9.17) is 14.7 Å². The third-order valence-electron chi connectivity index (χ3n) is 10.7. The normalized spacial score (nSPS) is 26.0. The minimum absolute atomic E-state index is 0.0184. The van der Waals surface area contributed by atoms with Crippen molar-refractivity contribution in [2.75, 3.05) is 13.1 Å². The zero-order valence-corrected chi connectivity index (χ0v) is 29.7. The van der Waals surface area contributed by atoms with Crippen LogP contribution in [0.25, 0.3) is 11.1 Å². The topological polar surface area (TPSA) is 120 Å². The second-order valence-electron chi connectivity index (χ2n) is 15.8. The van der Waals surface area contributed by atoms with Gasteiger partial charge in [-0.2, -0.15) is 0 Å². The molecule has 2 saturated heterocycles. The van der Waals surface area contributed by atoms with E-state index in [0.29, 0.717) is 42.7 Å². The fraction of sp³-hybridized carbons (Fsp3) is 0.512. The molecule has 2 unspecified atom stereocenters. The lowest BCUT2D eigenvalue weighted by Crippen LogP contribution is -2.42. The molecule has 50 heavy (non-hydrogen) atoms. The van der Waals surface area contributed by atoms with Crippen molar-refractivity contribution < 1.29 is 29.4 Å². The van der Waals surface area contributed by atoms with Gasteiger partial charge in [-0.15, -0.1) is 0 Å². The minimum atomic E-state index is -0.501. The number of carbonyl (C=O) groups excluding carboxylic acids is 2. The van der Waals surface area contributed by atoms with Crippen molar-refractivity contribution in [3.05, 3.63) is 95.1 Å². The molecule has 0 aromatic heterocycles. The molecule has 1 aliphatic carbocycles. The van der Waals surface area contributed by atoms with E-state index >= 15 is 0 Å². The van der Waals surface area contributed by atoms with Gasteiger partial charge in [-0.3, -0.25) is 19.7 Å². The van der Waals surface area contributed by atoms with Gasteiger partial charge in [-0.1, -0.05) is 87.5 Å². The molecule has 268 valence electrons. The highest BCUT2D eigenvalue weighted by Gasteiger charge is 2.50. The Morgan fingerprint density at radius 2 is 1.58 bits per heavy atom. The molecule has 3 aliphatic rings. The first-order valence-corrected chi connectivity index (χ1v) is 18.1. The van der Waals surface area contributed by atoms with Crippen LogP contribution in [0.2, 0.25) is 0 Å². The van der Waals surface area contributed by atoms with Gasteiger partial charge in [0.1, 0.15) is 0 Å². The van der Waals surface area contributed by atoms with Gasteiger partial charge in [0.2, 0.25) is 11.8 Å². The first kappa shape index (κ1) is 36.2. The molecule has 3 fully saturated rings. The van der Waals surface area contributed by atoms with Crippen molar-refractivity contribution in [1.29, 1.82) is 0 Å². The number of amides is 2. The van der Waals surface area contributed by atoms with Crippen molar-refractivity contribution in [2.45, 2.75) is 110 Å². The summed E-state index contributed by atoms with van der Waals surface area (Å²) in [5, 5.41) is 21.2. The average Bonchev–Trinajstić information content (AvgIpc) is 3.35. The van der Waals surface area contributed by atoms with E-state index in [-0.39, 0.29) is 31.1 Å². The monoisotopic (exact) mass is 683 g/mol. The summed E-state index contributed by atoms with van der Waals surface area (Å²) in [6.07, 6.45) is 5.58. The number of ether oxygens (including phenoxy) is 2. The van der Waals surface area contributed by atoms with Crippen LogP contribution in [0.15, 0.2) is 72.8 Å². The number of aliphatic hydroxyl groups excluding tert-OH is 1. The number of hydroxylamine groups is 1. The fourth-order valence-electron chi connectivity index (χ4n) is 8.69. The molecule has 2 aliphatic heterocycles. The summed E-state index contributed by atoms with van der Waals surface area (Å²) in [5.41, 5.74) is 8.41. The maximum atomic E-state index is 12.3. The Labute approximate surface area is 296 Å². The van der Waals surface area contributed by atoms with Gasteiger partial charge >= 0.3 is 0 Å². The number of nitrogens with one attached hydrogen (secondary N) is 2. The summed E-state index contributed by atoms with van der Waals surface area (Å²) in [6.45, 7) is 9.74. The number of unbranched alkanes of at least 4 members (excludes halogenated alkanes) is 1. The maximum Gasteiger partial charge on any atom is 0.243 e. The predicted octanol–water partition coefficient (Wildman–Crippen LogP) is 6.97. The van der Waals surface area contributed by atoms with Crippen LogP contribution < -0.4 is 10.8 Å². The minimum Gasteiger partial charge on any atom is -0.392 e. The van der Waals surface area contributed by atoms with Crippen LogP contribution in [0.3, 0.4) is 0 Å². The van der Waals surface area contributed by atoms with Crippen molar-refractivity contribution >= 4 is 11.8 Å². The fourth-order valence-corrected chi connectivity index (χ4v) is 8.69. The smallest absolute Gasteiger partial charge is 0.243 e. The summed E-state index contributed by atoms with van der Waals surface area (Å²) in [6, 6.07) is 25.2. The highest BCUT2D eigenvalue weighted by molar-refractivity contribution is 5.76. The Balaban J connectivity index is 1.12. The van der Waals surface area contributed by atoms with E-state index in [1.807, 2.05) is 24.3 Å². The first-order valence-electron chi connectivity index (χ1n) is 18.1. The highest BCUT2D eigenvalue weighted by atomic mass is 16.7. The number of nitrogens with zero attached hydrogens (tertiary/aromatic N) is 1. The van der Waals surface area contributed by atoms with E-state index in [1.165, 1.54) is 19.3 Å². The molecule has 6 rings (SSSR count). The van der Waals surface area contributed by atoms with Gasteiger partial charge in [-0.05, 0) is 76.8 Å². The van der Waals surface area contributed by atoms with E-state index in [0.717, 1.165) is 52.9 Å². The lowest BCUT2D eigenvalue weighted by molar-refractivity contribution is -0.253. The van der Waals surface area contributed by atoms with E-state index in [2.05, 4.69) is 79.5 Å². The molecular formula is C41H53N3O6. The molecule has 3 aromatic carbocycles. The maximum absolute atomic E-state index is 12.3. The van der Waals surface area contributed by atoms with Gasteiger partial charge in [0.15, 0.2) is 6.29 Å². The van der Waals surface area contributed by atoms with E-state index < -0.39 is 12.2 Å². The number of likely N-dealkylation sites (tertiary alicyclic amines) is 1. The molecule has 0 radical (unpaired) electrons. The SMILES string of the molecule is CC1(C)CC2CC(C)(CN2C[C@H]2C[C@@H](c3ccc(CO)cc3)O[C@@H](c3ccc(-c4cccc(CNC(=O)CCCCC(=O)NO)c4)cc3)O2)C1. The Morgan fingerprint density at radius 3 is 2.30 bits per heavy atom. The predicted molar refractivity (Wildman–Crippen MR) is 192 cm³/mol. The second kappa shape index (κ2) is 15.7. The number of aliphatic hydroxyl groups is 1. The van der Waals surface area contributed by atoms with Crippen LogP contribution in [0.5, 0.6) is 0 Å². The second-order valence-corrected chi connectivity index (χ2v) is 15.8. The number of hydrogen-bond acceptors (Lipinski definition) is 7. The molecule has 1 saturated carbocycles. The Hall–Kier alpha value is -3.60. The molecule has 2 amide bonds. The zero-order valence-electron chi connectivity index (χ0n) is 29.7. The van der Waals surface area contributed by atoms with Crippen LogP contribution in [-0.4, -0.2) is 52.3 Å². The van der Waals surface area contributed by atoms with Crippen molar-refractivity contribution in [1.82, 2.24) is 15.7 Å². The molecule has 9 nitrogen and oxygen atoms in total. The highest BCUT2D eigenvalue weighted by Crippen LogP contribution is 2.53. The average molecular weight is 684 g/mol. The number of carbonyl (C=O) groups is 2. The van der Waals surface area contributed by atoms with E-state index in [9.17, 15) is 14.7 Å². The number of rotatable bonds is 13. The van der Waals surface area contributed by atoms with Gasteiger partial charge in [0, 0.05) is 50.5 Å². The largest absolute Gasteiger partial charge is 0.392 e. The number of benzene rings is 3. The summed E-state index contributed by atoms with van der Waals surface area (Å²) >= 11 is 0. The van der Waals surface area contributed by atoms with Crippen LogP contribution >= 0.6 is 0 Å².